The minimum absolute atomic E-state index is 0.0192. The van der Waals surface area contributed by atoms with Gasteiger partial charge in [0.2, 0.25) is 5.91 Å². The Morgan fingerprint density at radius 1 is 0.279 bits per heavy atom. The molecule has 0 aliphatic carbocycles. The van der Waals surface area contributed by atoms with Gasteiger partial charge in [-0.25, -0.2) is 0 Å². The van der Waals surface area contributed by atoms with Crippen LogP contribution in [0.15, 0.2) is 24.3 Å². The minimum Gasteiger partial charge on any atom is -0.394 e. The molecule has 0 aromatic rings. The van der Waals surface area contributed by atoms with E-state index in [1.165, 1.54) is 417 Å². The zero-order valence-electron chi connectivity index (χ0n) is 59.4. The summed E-state index contributed by atoms with van der Waals surface area (Å²) in [6.45, 7) is 4.41. The van der Waals surface area contributed by atoms with Crippen LogP contribution in [0.3, 0.4) is 0 Å². The van der Waals surface area contributed by atoms with Gasteiger partial charge in [0.15, 0.2) is 0 Å². The summed E-state index contributed by atoms with van der Waals surface area (Å²) < 4.78 is 0. The molecule has 2 atom stereocenters. The third-order valence-corrected chi connectivity index (χ3v) is 19.5. The molecule has 0 fully saturated rings. The molecule has 2 unspecified atom stereocenters. The van der Waals surface area contributed by atoms with Crippen LogP contribution in [0.1, 0.15) is 476 Å². The predicted molar refractivity (Wildman–Crippen MR) is 387 cm³/mol. The Balaban J connectivity index is 3.34. The van der Waals surface area contributed by atoms with Gasteiger partial charge in [-0.3, -0.25) is 4.79 Å². The van der Waals surface area contributed by atoms with E-state index >= 15 is 0 Å². The maximum absolute atomic E-state index is 12.6. The van der Waals surface area contributed by atoms with Crippen LogP contribution in [0.25, 0.3) is 0 Å². The number of nitrogens with one attached hydrogen (secondary N) is 1. The molecule has 1 amide bonds. The summed E-state index contributed by atoms with van der Waals surface area (Å²) in [5.74, 6) is -0.0192. The van der Waals surface area contributed by atoms with Crippen LogP contribution in [0.5, 0.6) is 0 Å². The van der Waals surface area contributed by atoms with Gasteiger partial charge in [-0.05, 0) is 44.9 Å². The Bertz CT molecular complexity index is 1280. The first kappa shape index (κ1) is 84.9. The molecular formula is C82H161NO3. The summed E-state index contributed by atoms with van der Waals surface area (Å²) in [7, 11) is 0. The smallest absolute Gasteiger partial charge is 0.220 e. The number of hydrogen-bond acceptors (Lipinski definition) is 3. The molecular weight excluding hydrogens is 1050 g/mol. The number of carbonyl (C=O) groups excluding carboxylic acids is 1. The number of carbonyl (C=O) groups is 1. The molecule has 4 nitrogen and oxygen atoms in total. The quantitative estimate of drug-likeness (QED) is 0.0420. The van der Waals surface area contributed by atoms with Crippen LogP contribution in [0.2, 0.25) is 0 Å². The zero-order valence-corrected chi connectivity index (χ0v) is 59.4. The van der Waals surface area contributed by atoms with Crippen molar-refractivity contribution in [2.75, 3.05) is 6.61 Å². The molecule has 4 heteroatoms. The molecule has 0 saturated carbocycles. The molecule has 0 spiro atoms. The lowest BCUT2D eigenvalue weighted by Gasteiger charge is -2.22. The second-order valence-corrected chi connectivity index (χ2v) is 28.2. The molecule has 0 heterocycles. The van der Waals surface area contributed by atoms with Crippen molar-refractivity contribution in [2.45, 2.75) is 488 Å². The van der Waals surface area contributed by atoms with Gasteiger partial charge in [-0.15, -0.1) is 0 Å². The highest BCUT2D eigenvalue weighted by molar-refractivity contribution is 5.76. The molecule has 0 aromatic carbocycles. The number of aliphatic hydroxyl groups is 2. The van der Waals surface area contributed by atoms with Gasteiger partial charge in [0.05, 0.1) is 18.8 Å². The number of unbranched alkanes of at least 4 members (excludes halogenated alkanes) is 66. The molecule has 0 radical (unpaired) electrons. The monoisotopic (exact) mass is 1210 g/mol. The number of rotatable bonds is 77. The summed E-state index contributed by atoms with van der Waals surface area (Å²) in [5, 5.41) is 23.5. The van der Waals surface area contributed by atoms with Crippen molar-refractivity contribution in [3.63, 3.8) is 0 Å². The fourth-order valence-electron chi connectivity index (χ4n) is 13.3. The largest absolute Gasteiger partial charge is 0.394 e. The standard InChI is InChI=1S/C82H161NO3/c1-3-5-7-9-11-13-15-17-19-21-23-25-27-29-31-33-35-37-38-39-40-41-42-43-44-46-48-50-52-54-56-58-60-62-64-66-68-70-72-74-76-78-82(86)83-80(79-84)81(85)77-75-73-71-69-67-65-63-61-59-57-55-53-51-49-47-45-36-34-32-30-28-26-24-22-20-18-16-14-12-10-8-6-4-2/h15,17,21,23,80-81,84-85H,3-14,16,18-20,22,24-79H2,1-2H3,(H,83,86)/b17-15-,23-21-. The molecule has 512 valence electrons. The lowest BCUT2D eigenvalue weighted by Crippen LogP contribution is -2.45. The van der Waals surface area contributed by atoms with E-state index in [0.29, 0.717) is 12.8 Å². The molecule has 0 aliphatic heterocycles. The first-order valence-electron chi connectivity index (χ1n) is 40.5. The third kappa shape index (κ3) is 73.6. The number of hydrogen-bond donors (Lipinski definition) is 3. The Morgan fingerprint density at radius 2 is 0.477 bits per heavy atom. The molecule has 86 heavy (non-hydrogen) atoms. The highest BCUT2D eigenvalue weighted by atomic mass is 16.3. The van der Waals surface area contributed by atoms with Crippen molar-refractivity contribution in [1.82, 2.24) is 5.32 Å². The number of aliphatic hydroxyl groups excluding tert-OH is 2. The highest BCUT2D eigenvalue weighted by Gasteiger charge is 2.20. The maximum Gasteiger partial charge on any atom is 0.220 e. The number of amides is 1. The van der Waals surface area contributed by atoms with E-state index in [0.717, 1.165) is 32.1 Å². The molecule has 0 aliphatic rings. The second-order valence-electron chi connectivity index (χ2n) is 28.2. The van der Waals surface area contributed by atoms with Gasteiger partial charge < -0.3 is 15.5 Å². The number of allylic oxidation sites excluding steroid dienone is 4. The summed E-state index contributed by atoms with van der Waals surface area (Å²) in [6, 6.07) is -0.535. The van der Waals surface area contributed by atoms with Crippen LogP contribution >= 0.6 is 0 Å². The van der Waals surface area contributed by atoms with Crippen molar-refractivity contribution in [3.05, 3.63) is 24.3 Å². The fourth-order valence-corrected chi connectivity index (χ4v) is 13.3. The average molecular weight is 1210 g/mol. The topological polar surface area (TPSA) is 69.6 Å². The van der Waals surface area contributed by atoms with Crippen molar-refractivity contribution < 1.29 is 15.0 Å². The van der Waals surface area contributed by atoms with Crippen LogP contribution in [0.4, 0.5) is 0 Å². The van der Waals surface area contributed by atoms with Crippen molar-refractivity contribution in [3.8, 4) is 0 Å². The Hall–Kier alpha value is -1.13. The summed E-state index contributed by atoms with van der Waals surface area (Å²) in [5.41, 5.74) is 0. The van der Waals surface area contributed by atoms with E-state index in [-0.39, 0.29) is 12.5 Å². The van der Waals surface area contributed by atoms with Gasteiger partial charge in [-0.2, -0.15) is 0 Å². The van der Waals surface area contributed by atoms with Crippen molar-refractivity contribution >= 4 is 5.91 Å². The van der Waals surface area contributed by atoms with Crippen LogP contribution in [-0.2, 0) is 4.79 Å². The van der Waals surface area contributed by atoms with E-state index < -0.39 is 12.1 Å². The fraction of sp³-hybridized carbons (Fsp3) is 0.939. The van der Waals surface area contributed by atoms with Crippen molar-refractivity contribution in [2.24, 2.45) is 0 Å². The van der Waals surface area contributed by atoms with E-state index in [2.05, 4.69) is 43.5 Å². The normalized spacial score (nSPS) is 12.7. The predicted octanol–water partition coefficient (Wildman–Crippen LogP) is 28.1. The molecule has 0 rings (SSSR count). The van der Waals surface area contributed by atoms with Gasteiger partial charge in [-0.1, -0.05) is 449 Å². The van der Waals surface area contributed by atoms with Crippen LogP contribution in [-0.4, -0.2) is 34.9 Å². The van der Waals surface area contributed by atoms with E-state index in [4.69, 9.17) is 0 Å². The summed E-state index contributed by atoms with van der Waals surface area (Å²) >= 11 is 0. The van der Waals surface area contributed by atoms with Gasteiger partial charge in [0.1, 0.15) is 0 Å². The highest BCUT2D eigenvalue weighted by Crippen LogP contribution is 2.21. The lowest BCUT2D eigenvalue weighted by atomic mass is 10.0. The summed E-state index contributed by atoms with van der Waals surface area (Å²) in [6.07, 6.45) is 107. The van der Waals surface area contributed by atoms with Crippen molar-refractivity contribution in [1.29, 1.82) is 0 Å². The average Bonchev–Trinajstić information content (AvgIpc) is 3.59. The Morgan fingerprint density at radius 3 is 0.698 bits per heavy atom. The molecule has 0 aromatic heterocycles. The maximum atomic E-state index is 12.6. The molecule has 3 N–H and O–H groups in total. The van der Waals surface area contributed by atoms with Gasteiger partial charge in [0.25, 0.3) is 0 Å². The van der Waals surface area contributed by atoms with Crippen LogP contribution < -0.4 is 5.32 Å². The summed E-state index contributed by atoms with van der Waals surface area (Å²) in [4.78, 5) is 12.6. The van der Waals surface area contributed by atoms with E-state index in [9.17, 15) is 15.0 Å². The second kappa shape index (κ2) is 78.1. The van der Waals surface area contributed by atoms with Gasteiger partial charge in [0, 0.05) is 6.42 Å². The van der Waals surface area contributed by atoms with E-state index in [1.54, 1.807) is 0 Å². The SMILES string of the molecule is CCCCCCC/C=C\C/C=C\CCCCCCCCCCCCCCCCCCCCCCCCCCCCCCCC(=O)NC(CO)C(O)CCCCCCCCCCCCCCCCCCCCCCCCCCCCCCCCCCC. The Labute approximate surface area is 542 Å². The first-order valence-corrected chi connectivity index (χ1v) is 40.5. The van der Waals surface area contributed by atoms with E-state index in [1.807, 2.05) is 0 Å². The molecule has 0 bridgehead atoms. The molecule has 0 saturated heterocycles. The third-order valence-electron chi connectivity index (χ3n) is 19.5. The minimum atomic E-state index is -0.659. The van der Waals surface area contributed by atoms with Crippen LogP contribution in [0, 0.1) is 0 Å². The Kier molecular flexibility index (Phi) is 77.1. The first-order chi connectivity index (χ1) is 42.7. The lowest BCUT2D eigenvalue weighted by molar-refractivity contribution is -0.123. The van der Waals surface area contributed by atoms with Gasteiger partial charge >= 0.3 is 0 Å². The zero-order chi connectivity index (χ0) is 61.9.